The van der Waals surface area contributed by atoms with Crippen molar-refractivity contribution in [3.05, 3.63) is 58.7 Å². The second-order valence-corrected chi connectivity index (χ2v) is 17.2. The molecule has 1 heterocycles. The van der Waals surface area contributed by atoms with Crippen molar-refractivity contribution in [3.8, 4) is 0 Å². The fraction of sp³-hybridized carbons (Fsp3) is 0.634. The quantitative estimate of drug-likeness (QED) is 0.111. The molecule has 5 rings (SSSR count). The number of allylic oxidation sites excluding steroid dienone is 1. The molecule has 1 aromatic rings. The fourth-order valence-electron chi connectivity index (χ4n) is 9.13. The Kier molecular flexibility index (Phi) is 11.5. The third kappa shape index (κ3) is 7.06. The van der Waals surface area contributed by atoms with E-state index in [1.165, 1.54) is 26.8 Å². The van der Waals surface area contributed by atoms with Gasteiger partial charge in [-0.1, -0.05) is 50.3 Å². The van der Waals surface area contributed by atoms with Gasteiger partial charge in [-0.25, -0.2) is 14.4 Å². The van der Waals surface area contributed by atoms with Crippen LogP contribution in [-0.4, -0.2) is 110 Å². The molecule has 4 aliphatic rings. The van der Waals surface area contributed by atoms with E-state index in [9.17, 15) is 44.4 Å². The third-order valence-corrected chi connectivity index (χ3v) is 12.3. The van der Waals surface area contributed by atoms with Crippen LogP contribution in [0, 0.1) is 16.7 Å². The first-order chi connectivity index (χ1) is 25.9. The minimum absolute atomic E-state index is 0.0563. The number of aliphatic hydroxyl groups excluding tert-OH is 3. The Hall–Kier alpha value is -4.15. The molecule has 1 saturated heterocycles. The van der Waals surface area contributed by atoms with Gasteiger partial charge in [-0.3, -0.25) is 9.59 Å². The molecule has 0 spiro atoms. The van der Waals surface area contributed by atoms with Crippen LogP contribution in [0.4, 0.5) is 4.79 Å². The average molecular weight is 786 g/mol. The third-order valence-electron chi connectivity index (χ3n) is 12.3. The minimum atomic E-state index is -2.33. The van der Waals surface area contributed by atoms with Gasteiger partial charge in [-0.05, 0) is 65.2 Å². The van der Waals surface area contributed by atoms with Gasteiger partial charge >= 0.3 is 24.0 Å². The SMILES string of the molecule is C/C=C(\C)C(=O)O[C@H]1[C@@H]2[C@]3(OC(C)=O)CO[C@@H]3C[C@H](O)[C@@]2(C)C(=O)[C@H](O)C2=C(C)[C@@H](OC(=O)[C@H](O)[C@@H](NC(=O)OC(C)(C)C)c3ccccc3)C[C@]1(O)C2(C)C. The highest BCUT2D eigenvalue weighted by atomic mass is 16.6. The number of benzene rings is 1. The van der Waals surface area contributed by atoms with E-state index in [2.05, 4.69) is 5.32 Å². The molecule has 5 N–H and O–H groups in total. The van der Waals surface area contributed by atoms with Gasteiger partial charge in [0, 0.05) is 30.8 Å². The van der Waals surface area contributed by atoms with Crippen molar-refractivity contribution < 1.29 is 68.1 Å². The van der Waals surface area contributed by atoms with Crippen molar-refractivity contribution >= 4 is 29.8 Å². The lowest BCUT2D eigenvalue weighted by Gasteiger charge is -2.67. The van der Waals surface area contributed by atoms with Gasteiger partial charge < -0.3 is 49.4 Å². The van der Waals surface area contributed by atoms with Crippen LogP contribution in [0.3, 0.4) is 0 Å². The summed E-state index contributed by atoms with van der Waals surface area (Å²) in [7, 11) is 0. The summed E-state index contributed by atoms with van der Waals surface area (Å²) in [5, 5.41) is 51.3. The maximum atomic E-state index is 14.9. The van der Waals surface area contributed by atoms with Gasteiger partial charge in [0.05, 0.1) is 30.1 Å². The van der Waals surface area contributed by atoms with Crippen LogP contribution in [-0.2, 0) is 42.9 Å². The number of nitrogens with one attached hydrogen (secondary N) is 1. The van der Waals surface area contributed by atoms with Crippen LogP contribution in [0.1, 0.15) is 93.7 Å². The number of carbonyl (C=O) groups is 5. The molecule has 2 bridgehead atoms. The molecule has 1 aromatic carbocycles. The van der Waals surface area contributed by atoms with E-state index in [0.717, 1.165) is 6.92 Å². The fourth-order valence-corrected chi connectivity index (χ4v) is 9.13. The summed E-state index contributed by atoms with van der Waals surface area (Å²) in [6.07, 6.45) is -9.87. The Morgan fingerprint density at radius 1 is 1.04 bits per heavy atom. The molecule has 0 unspecified atom stereocenters. The van der Waals surface area contributed by atoms with E-state index in [1.54, 1.807) is 71.9 Å². The van der Waals surface area contributed by atoms with Crippen LogP contribution in [0.5, 0.6) is 0 Å². The van der Waals surface area contributed by atoms with E-state index >= 15 is 0 Å². The molecular weight excluding hydrogens is 730 g/mol. The van der Waals surface area contributed by atoms with Crippen molar-refractivity contribution in [1.82, 2.24) is 5.32 Å². The van der Waals surface area contributed by atoms with Gasteiger partial charge in [-0.15, -0.1) is 0 Å². The van der Waals surface area contributed by atoms with Crippen LogP contribution < -0.4 is 5.32 Å². The number of carbonyl (C=O) groups excluding carboxylic acids is 5. The summed E-state index contributed by atoms with van der Waals surface area (Å²) >= 11 is 0. The van der Waals surface area contributed by atoms with Gasteiger partial charge in [-0.2, -0.15) is 0 Å². The number of fused-ring (bicyclic) bond motifs is 5. The normalized spacial score (nSPS) is 34.9. The Balaban J connectivity index is 1.66. The van der Waals surface area contributed by atoms with Crippen molar-refractivity contribution in [3.63, 3.8) is 0 Å². The van der Waals surface area contributed by atoms with E-state index in [1.807, 2.05) is 0 Å². The standard InChI is InChI=1S/C41H55NO14/c1-11-20(2)34(48)54-33-31-39(10,25(44)17-26-40(31,19-52-26)55-22(4)43)32(47)29(45)27-21(3)24(18-41(33,51)38(27,8)9)53-35(49)30(46)28(23-15-13-12-14-16-23)42-36(50)56-37(5,6)7/h11-16,24-26,28-31,33,44-46,51H,17-19H2,1-10H3,(H,42,50)/b20-11+/t24-,25-,26+,28-,29+,30+,31-,33-,39+,40-,41+/m0/s1. The summed E-state index contributed by atoms with van der Waals surface area (Å²) < 4.78 is 29.3. The summed E-state index contributed by atoms with van der Waals surface area (Å²) in [4.78, 5) is 68.3. The Morgan fingerprint density at radius 3 is 2.20 bits per heavy atom. The zero-order chi connectivity index (χ0) is 41.9. The van der Waals surface area contributed by atoms with E-state index in [-0.39, 0.29) is 29.7 Å². The van der Waals surface area contributed by atoms with Gasteiger partial charge in [0.2, 0.25) is 0 Å². The number of ether oxygens (including phenoxy) is 5. The van der Waals surface area contributed by atoms with E-state index in [0.29, 0.717) is 5.56 Å². The number of hydrogen-bond acceptors (Lipinski definition) is 14. The van der Waals surface area contributed by atoms with Crippen LogP contribution in [0.2, 0.25) is 0 Å². The molecular formula is C41H55NO14. The highest BCUT2D eigenvalue weighted by molar-refractivity contribution is 5.94. The highest BCUT2D eigenvalue weighted by Crippen LogP contribution is 2.64. The molecule has 15 nitrogen and oxygen atoms in total. The predicted molar refractivity (Wildman–Crippen MR) is 197 cm³/mol. The van der Waals surface area contributed by atoms with Crippen molar-refractivity contribution in [2.24, 2.45) is 16.7 Å². The first-order valence-electron chi connectivity index (χ1n) is 18.8. The van der Waals surface area contributed by atoms with Crippen molar-refractivity contribution in [1.29, 1.82) is 0 Å². The molecule has 3 aliphatic carbocycles. The zero-order valence-electron chi connectivity index (χ0n) is 33.6. The second kappa shape index (κ2) is 15.0. The summed E-state index contributed by atoms with van der Waals surface area (Å²) in [6, 6.07) is 6.78. The number of hydrogen-bond donors (Lipinski definition) is 5. The second-order valence-electron chi connectivity index (χ2n) is 17.2. The maximum Gasteiger partial charge on any atom is 0.408 e. The number of rotatable bonds is 8. The smallest absolute Gasteiger partial charge is 0.408 e. The van der Waals surface area contributed by atoms with Crippen molar-refractivity contribution in [2.45, 2.75) is 142 Å². The maximum absolute atomic E-state index is 14.9. The molecule has 1 amide bonds. The highest BCUT2D eigenvalue weighted by Gasteiger charge is 2.78. The zero-order valence-corrected chi connectivity index (χ0v) is 33.6. The van der Waals surface area contributed by atoms with Gasteiger partial charge in [0.25, 0.3) is 0 Å². The molecule has 0 radical (unpaired) electrons. The van der Waals surface area contributed by atoms with Crippen LogP contribution >= 0.6 is 0 Å². The van der Waals surface area contributed by atoms with Crippen LogP contribution in [0.25, 0.3) is 0 Å². The first-order valence-corrected chi connectivity index (χ1v) is 18.8. The topological polar surface area (TPSA) is 224 Å². The van der Waals surface area contributed by atoms with Gasteiger partial charge in [0.1, 0.15) is 35.6 Å². The molecule has 11 atom stereocenters. The Bertz CT molecular complexity index is 1810. The number of ketones is 1. The van der Waals surface area contributed by atoms with E-state index in [4.69, 9.17) is 23.7 Å². The van der Waals surface area contributed by atoms with E-state index < -0.39 is 112 Å². The van der Waals surface area contributed by atoms with Crippen LogP contribution in [0.15, 0.2) is 53.1 Å². The number of aliphatic hydroxyl groups is 4. The Morgan fingerprint density at radius 2 is 1.66 bits per heavy atom. The molecule has 2 saturated carbocycles. The lowest BCUT2D eigenvalue weighted by molar-refractivity contribution is -0.347. The first kappa shape index (κ1) is 43.0. The molecule has 308 valence electrons. The number of alkyl carbamates (subject to hydrolysis) is 1. The minimum Gasteiger partial charge on any atom is -0.456 e. The average Bonchev–Trinajstić information content (AvgIpc) is 3.10. The summed E-state index contributed by atoms with van der Waals surface area (Å²) in [5.41, 5.74) is -7.97. The molecule has 1 aliphatic heterocycles. The number of amides is 1. The monoisotopic (exact) mass is 785 g/mol. The predicted octanol–water partition coefficient (Wildman–Crippen LogP) is 2.91. The molecule has 0 aromatic heterocycles. The lowest BCUT2D eigenvalue weighted by atomic mass is 9.44. The molecule has 15 heteroatoms. The van der Waals surface area contributed by atoms with Crippen molar-refractivity contribution in [2.75, 3.05) is 6.61 Å². The lowest BCUT2D eigenvalue weighted by Crippen LogP contribution is -2.81. The van der Waals surface area contributed by atoms with Gasteiger partial charge in [0.15, 0.2) is 17.5 Å². The largest absolute Gasteiger partial charge is 0.456 e. The summed E-state index contributed by atoms with van der Waals surface area (Å²) in [5.74, 6) is -5.29. The Labute approximate surface area is 326 Å². The molecule has 3 fully saturated rings. The molecule has 56 heavy (non-hydrogen) atoms. The number of Topliss-reactive ketones (excluding diaryl/α,β-unsaturated/α-hetero) is 1. The summed E-state index contributed by atoms with van der Waals surface area (Å²) in [6.45, 7) is 14.9. The number of esters is 3.